The van der Waals surface area contributed by atoms with Crippen LogP contribution in [0.25, 0.3) is 0 Å². The second-order valence-corrected chi connectivity index (χ2v) is 5.29. The van der Waals surface area contributed by atoms with Crippen LogP contribution in [-0.4, -0.2) is 22.8 Å². The standard InChI is InChI=1S/C13H16BrNO3/c1-13(2,3)18-12(17)15-10-7-5-4-6-9(10)11(16)8-14/h4-7H,8H2,1-3H3,(H,15,17). The van der Waals surface area contributed by atoms with Crippen LogP contribution in [0.2, 0.25) is 0 Å². The van der Waals surface area contributed by atoms with E-state index in [1.54, 1.807) is 45.0 Å². The Kier molecular flexibility index (Phi) is 4.90. The highest BCUT2D eigenvalue weighted by atomic mass is 79.9. The number of rotatable bonds is 3. The van der Waals surface area contributed by atoms with Crippen LogP contribution in [0.4, 0.5) is 10.5 Å². The highest BCUT2D eigenvalue weighted by Crippen LogP contribution is 2.18. The van der Waals surface area contributed by atoms with Crippen LogP contribution in [0, 0.1) is 0 Å². The quantitative estimate of drug-likeness (QED) is 0.685. The molecular formula is C13H16BrNO3. The van der Waals surface area contributed by atoms with Gasteiger partial charge in [0.1, 0.15) is 5.60 Å². The number of anilines is 1. The Morgan fingerprint density at radius 1 is 1.28 bits per heavy atom. The van der Waals surface area contributed by atoms with Gasteiger partial charge in [0.05, 0.1) is 11.0 Å². The number of para-hydroxylation sites is 1. The molecule has 0 aliphatic carbocycles. The Morgan fingerprint density at radius 3 is 2.44 bits per heavy atom. The van der Waals surface area contributed by atoms with Gasteiger partial charge in [-0.1, -0.05) is 28.1 Å². The number of carbonyl (C=O) groups excluding carboxylic acids is 2. The molecule has 0 aliphatic rings. The number of nitrogens with one attached hydrogen (secondary N) is 1. The van der Waals surface area contributed by atoms with Crippen LogP contribution in [0.1, 0.15) is 31.1 Å². The van der Waals surface area contributed by atoms with Crippen molar-refractivity contribution in [2.45, 2.75) is 26.4 Å². The van der Waals surface area contributed by atoms with Crippen LogP contribution in [0.5, 0.6) is 0 Å². The molecule has 0 saturated heterocycles. The highest BCUT2D eigenvalue weighted by molar-refractivity contribution is 9.09. The molecule has 1 rings (SSSR count). The van der Waals surface area contributed by atoms with Gasteiger partial charge in [-0.2, -0.15) is 0 Å². The van der Waals surface area contributed by atoms with Crippen molar-refractivity contribution >= 4 is 33.5 Å². The zero-order chi connectivity index (χ0) is 13.8. The maximum absolute atomic E-state index is 11.7. The lowest BCUT2D eigenvalue weighted by atomic mass is 10.1. The highest BCUT2D eigenvalue weighted by Gasteiger charge is 2.18. The van der Waals surface area contributed by atoms with E-state index >= 15 is 0 Å². The first kappa shape index (κ1) is 14.7. The Balaban J connectivity index is 2.85. The lowest BCUT2D eigenvalue weighted by molar-refractivity contribution is 0.0636. The minimum Gasteiger partial charge on any atom is -0.444 e. The lowest BCUT2D eigenvalue weighted by Crippen LogP contribution is -2.27. The second-order valence-electron chi connectivity index (χ2n) is 4.73. The molecule has 0 bridgehead atoms. The Morgan fingerprint density at radius 2 is 1.89 bits per heavy atom. The first-order valence-corrected chi connectivity index (χ1v) is 6.64. The van der Waals surface area contributed by atoms with Gasteiger partial charge in [0.2, 0.25) is 0 Å². The Hall–Kier alpha value is -1.36. The van der Waals surface area contributed by atoms with E-state index < -0.39 is 11.7 Å². The molecule has 4 nitrogen and oxygen atoms in total. The minimum atomic E-state index is -0.572. The fourth-order valence-corrected chi connectivity index (χ4v) is 1.62. The van der Waals surface area contributed by atoms with E-state index in [-0.39, 0.29) is 11.1 Å². The van der Waals surface area contributed by atoms with Crippen LogP contribution in [-0.2, 0) is 4.74 Å². The SMILES string of the molecule is CC(C)(C)OC(=O)Nc1ccccc1C(=O)CBr. The Bertz CT molecular complexity index is 452. The predicted molar refractivity (Wildman–Crippen MR) is 74.4 cm³/mol. The van der Waals surface area contributed by atoms with Gasteiger partial charge in [0, 0.05) is 5.56 Å². The number of alkyl halides is 1. The predicted octanol–water partition coefficient (Wildman–Crippen LogP) is 3.61. The van der Waals surface area contributed by atoms with Gasteiger partial charge in [-0.3, -0.25) is 10.1 Å². The van der Waals surface area contributed by atoms with Gasteiger partial charge in [0.25, 0.3) is 0 Å². The van der Waals surface area contributed by atoms with Crippen LogP contribution in [0.3, 0.4) is 0 Å². The van der Waals surface area contributed by atoms with Gasteiger partial charge in [-0.25, -0.2) is 4.79 Å². The average molecular weight is 314 g/mol. The molecule has 98 valence electrons. The summed E-state index contributed by atoms with van der Waals surface area (Å²) in [6, 6.07) is 6.82. The molecule has 1 aromatic carbocycles. The molecule has 1 aromatic rings. The summed E-state index contributed by atoms with van der Waals surface area (Å²) in [4.78, 5) is 23.3. The third-order valence-corrected chi connectivity index (χ3v) is 2.49. The van der Waals surface area contributed by atoms with Crippen LogP contribution in [0.15, 0.2) is 24.3 Å². The van der Waals surface area contributed by atoms with Crippen molar-refractivity contribution in [1.29, 1.82) is 0 Å². The fourth-order valence-electron chi connectivity index (χ4n) is 1.32. The molecule has 0 fully saturated rings. The summed E-state index contributed by atoms with van der Waals surface area (Å²) in [7, 11) is 0. The molecule has 0 aromatic heterocycles. The molecule has 1 amide bonds. The number of hydrogen-bond acceptors (Lipinski definition) is 3. The van der Waals surface area contributed by atoms with Crippen molar-refractivity contribution in [1.82, 2.24) is 0 Å². The smallest absolute Gasteiger partial charge is 0.412 e. The van der Waals surface area contributed by atoms with E-state index in [1.165, 1.54) is 0 Å². The van der Waals surface area contributed by atoms with Gasteiger partial charge in [-0.05, 0) is 32.9 Å². The summed E-state index contributed by atoms with van der Waals surface area (Å²) >= 11 is 3.11. The maximum atomic E-state index is 11.7. The molecule has 0 spiro atoms. The number of ether oxygens (including phenoxy) is 1. The summed E-state index contributed by atoms with van der Waals surface area (Å²) in [6.45, 7) is 5.34. The van der Waals surface area contributed by atoms with Gasteiger partial charge in [-0.15, -0.1) is 0 Å². The molecule has 0 radical (unpaired) electrons. The molecule has 0 unspecified atom stereocenters. The summed E-state index contributed by atoms with van der Waals surface area (Å²) in [5, 5.41) is 2.79. The van der Waals surface area contributed by atoms with E-state index in [4.69, 9.17) is 4.74 Å². The lowest BCUT2D eigenvalue weighted by Gasteiger charge is -2.20. The number of benzene rings is 1. The number of amides is 1. The molecule has 0 atom stereocenters. The summed E-state index contributed by atoms with van der Waals surface area (Å²) < 4.78 is 5.14. The van der Waals surface area contributed by atoms with Crippen molar-refractivity contribution in [3.8, 4) is 0 Å². The number of hydrogen-bond donors (Lipinski definition) is 1. The van der Waals surface area contributed by atoms with Crippen molar-refractivity contribution in [2.75, 3.05) is 10.6 Å². The largest absolute Gasteiger partial charge is 0.444 e. The molecule has 18 heavy (non-hydrogen) atoms. The van der Waals surface area contributed by atoms with Crippen LogP contribution < -0.4 is 5.32 Å². The Labute approximate surface area is 115 Å². The molecule has 0 heterocycles. The topological polar surface area (TPSA) is 55.4 Å². The van der Waals surface area contributed by atoms with Crippen LogP contribution >= 0.6 is 15.9 Å². The summed E-state index contributed by atoms with van der Waals surface area (Å²) in [6.07, 6.45) is -0.572. The third-order valence-electron chi connectivity index (χ3n) is 1.98. The van der Waals surface area contributed by atoms with Gasteiger partial charge < -0.3 is 4.74 Å². The normalized spacial score (nSPS) is 10.9. The molecule has 0 saturated carbocycles. The van der Waals surface area contributed by atoms with Crippen molar-refractivity contribution in [3.63, 3.8) is 0 Å². The number of halogens is 1. The van der Waals surface area contributed by atoms with E-state index in [0.29, 0.717) is 11.3 Å². The zero-order valence-corrected chi connectivity index (χ0v) is 12.2. The molecule has 1 N–H and O–H groups in total. The van der Waals surface area contributed by atoms with E-state index in [1.807, 2.05) is 0 Å². The molecular weight excluding hydrogens is 298 g/mol. The van der Waals surface area contributed by atoms with Gasteiger partial charge in [0.15, 0.2) is 5.78 Å². The molecule has 5 heteroatoms. The first-order valence-electron chi connectivity index (χ1n) is 5.51. The number of carbonyl (C=O) groups is 2. The fraction of sp³-hybridized carbons (Fsp3) is 0.385. The van der Waals surface area contributed by atoms with Crippen molar-refractivity contribution < 1.29 is 14.3 Å². The third kappa shape index (κ3) is 4.49. The van der Waals surface area contributed by atoms with Crippen molar-refractivity contribution in [2.24, 2.45) is 0 Å². The first-order chi connectivity index (χ1) is 8.33. The van der Waals surface area contributed by atoms with Crippen molar-refractivity contribution in [3.05, 3.63) is 29.8 Å². The second kappa shape index (κ2) is 6.00. The van der Waals surface area contributed by atoms with Gasteiger partial charge >= 0.3 is 6.09 Å². The number of ketones is 1. The van der Waals surface area contributed by atoms with E-state index in [0.717, 1.165) is 0 Å². The van der Waals surface area contributed by atoms with E-state index in [2.05, 4.69) is 21.2 Å². The summed E-state index contributed by atoms with van der Waals surface area (Å²) in [5.74, 6) is -0.0957. The zero-order valence-electron chi connectivity index (χ0n) is 10.6. The van der Waals surface area contributed by atoms with E-state index in [9.17, 15) is 9.59 Å². The molecule has 0 aliphatic heterocycles. The summed E-state index contributed by atoms with van der Waals surface area (Å²) in [5.41, 5.74) is 0.342. The number of Topliss-reactive ketones (excluding diaryl/α,β-unsaturated/α-hetero) is 1. The average Bonchev–Trinajstić information content (AvgIpc) is 2.26. The monoisotopic (exact) mass is 313 g/mol. The minimum absolute atomic E-state index is 0.0957. The maximum Gasteiger partial charge on any atom is 0.412 e.